The molecule has 1 aromatic heterocycles. The average molecular weight is 906 g/mol. The van der Waals surface area contributed by atoms with Crippen LogP contribution in [-0.2, 0) is 10.8 Å². The van der Waals surface area contributed by atoms with Crippen LogP contribution in [0.25, 0.3) is 64.7 Å². The Kier molecular flexibility index (Phi) is 8.43. The first-order valence-corrected chi connectivity index (χ1v) is 25.2. The number of fused-ring (bicyclic) bond motifs is 16. The molecule has 1 nitrogen and oxygen atoms in total. The summed E-state index contributed by atoms with van der Waals surface area (Å²) in [7, 11) is 0. The Labute approximate surface area is 411 Å². The molecule has 2 heteroatoms. The van der Waals surface area contributed by atoms with Gasteiger partial charge in [0.05, 0.1) is 16.5 Å². The van der Waals surface area contributed by atoms with E-state index in [9.17, 15) is 0 Å². The first-order chi connectivity index (χ1) is 34.7. The van der Waals surface area contributed by atoms with E-state index in [0.717, 1.165) is 17.1 Å². The molecular weight excluding hydrogens is 863 g/mol. The van der Waals surface area contributed by atoms with E-state index in [1.807, 2.05) is 11.3 Å². The number of nitrogens with zero attached hydrogens (tertiary/aromatic N) is 1. The van der Waals surface area contributed by atoms with E-state index in [1.165, 1.54) is 109 Å². The van der Waals surface area contributed by atoms with Crippen LogP contribution in [0.15, 0.2) is 261 Å². The van der Waals surface area contributed by atoms with Crippen LogP contribution in [0.5, 0.6) is 0 Å². The van der Waals surface area contributed by atoms with Crippen molar-refractivity contribution in [2.45, 2.75) is 10.8 Å². The fourth-order valence-electron chi connectivity index (χ4n) is 13.1. The van der Waals surface area contributed by atoms with Gasteiger partial charge in [-0.15, -0.1) is 11.3 Å². The predicted molar refractivity (Wildman–Crippen MR) is 293 cm³/mol. The molecule has 3 aliphatic carbocycles. The Hall–Kier alpha value is -8.56. The Morgan fingerprint density at radius 1 is 0.300 bits per heavy atom. The molecule has 0 saturated carbocycles. The van der Waals surface area contributed by atoms with Gasteiger partial charge in [-0.3, -0.25) is 0 Å². The summed E-state index contributed by atoms with van der Waals surface area (Å²) in [6.45, 7) is 0. The van der Waals surface area contributed by atoms with Crippen LogP contribution in [0.2, 0.25) is 0 Å². The second-order valence-corrected chi connectivity index (χ2v) is 20.1. The van der Waals surface area contributed by atoms with Crippen molar-refractivity contribution in [3.8, 4) is 44.5 Å². The van der Waals surface area contributed by atoms with Crippen molar-refractivity contribution in [3.05, 3.63) is 305 Å². The molecule has 326 valence electrons. The van der Waals surface area contributed by atoms with Gasteiger partial charge in [-0.2, -0.15) is 0 Å². The van der Waals surface area contributed by atoms with Crippen molar-refractivity contribution in [1.29, 1.82) is 0 Å². The van der Waals surface area contributed by atoms with Crippen molar-refractivity contribution in [3.63, 3.8) is 0 Å². The van der Waals surface area contributed by atoms with Gasteiger partial charge in [0.2, 0.25) is 0 Å². The summed E-state index contributed by atoms with van der Waals surface area (Å²) in [5.74, 6) is 0. The highest BCUT2D eigenvalue weighted by molar-refractivity contribution is 7.26. The molecule has 70 heavy (non-hydrogen) atoms. The van der Waals surface area contributed by atoms with E-state index >= 15 is 0 Å². The largest absolute Gasteiger partial charge is 0.310 e. The molecule has 0 saturated heterocycles. The Bertz CT molecular complexity index is 3990. The van der Waals surface area contributed by atoms with E-state index in [-0.39, 0.29) is 0 Å². The first-order valence-electron chi connectivity index (χ1n) is 24.3. The number of hydrogen-bond acceptors (Lipinski definition) is 2. The first kappa shape index (κ1) is 39.4. The van der Waals surface area contributed by atoms with Gasteiger partial charge in [0, 0.05) is 37.1 Å². The summed E-state index contributed by atoms with van der Waals surface area (Å²) < 4.78 is 2.63. The Morgan fingerprint density at radius 2 is 0.771 bits per heavy atom. The van der Waals surface area contributed by atoms with E-state index in [4.69, 9.17) is 0 Å². The molecule has 0 radical (unpaired) electrons. The standard InChI is InChI=1S/C68H43NS/c1-2-20-45(21-3-1)67(57-31-10-4-23-50(57)51-24-5-11-32-58(51)67)46-39-41-47(42-40-46)69(48-22-16-19-44(43-48)49-29-17-30-55-54-27-9-15-38-64(54)70-66(49)55)63-37-18-36-62-65(63)56-28-8-14-35-61(56)68(62)59-33-12-6-25-52(59)53-26-7-13-34-60(53)68/h1-43H. The van der Waals surface area contributed by atoms with Crippen molar-refractivity contribution in [1.82, 2.24) is 0 Å². The van der Waals surface area contributed by atoms with E-state index in [0.29, 0.717) is 0 Å². The highest BCUT2D eigenvalue weighted by Crippen LogP contribution is 2.65. The molecular formula is C68H43NS. The molecule has 12 aromatic rings. The van der Waals surface area contributed by atoms with Crippen molar-refractivity contribution < 1.29 is 0 Å². The van der Waals surface area contributed by atoms with Gasteiger partial charge in [-0.25, -0.2) is 0 Å². The lowest BCUT2D eigenvalue weighted by Gasteiger charge is -2.35. The smallest absolute Gasteiger partial charge is 0.0726 e. The summed E-state index contributed by atoms with van der Waals surface area (Å²) >= 11 is 1.89. The average Bonchev–Trinajstić information content (AvgIpc) is 4.15. The van der Waals surface area contributed by atoms with Crippen LogP contribution in [0.4, 0.5) is 17.1 Å². The molecule has 0 bridgehead atoms. The van der Waals surface area contributed by atoms with Gasteiger partial charge in [0.1, 0.15) is 0 Å². The maximum Gasteiger partial charge on any atom is 0.0726 e. The van der Waals surface area contributed by atoms with Crippen molar-refractivity contribution >= 4 is 48.6 Å². The molecule has 1 spiro atoms. The SMILES string of the molecule is c1ccc(C2(c3ccc(N(c4cccc(-c5cccc6c5sc5ccccc56)c4)c4cccc5c4-c4ccccc4C54c5ccccc5-c5ccccc54)cc3)c3ccccc3-c3ccccc32)cc1. The lowest BCUT2D eigenvalue weighted by Crippen LogP contribution is -2.28. The Balaban J connectivity index is 0.984. The minimum Gasteiger partial charge on any atom is -0.310 e. The van der Waals surface area contributed by atoms with Gasteiger partial charge in [-0.05, 0) is 120 Å². The van der Waals surface area contributed by atoms with Crippen LogP contribution in [0, 0.1) is 0 Å². The van der Waals surface area contributed by atoms with Crippen LogP contribution in [0.3, 0.4) is 0 Å². The molecule has 0 atom stereocenters. The summed E-state index contributed by atoms with van der Waals surface area (Å²) in [5, 5.41) is 2.61. The molecule has 0 aliphatic heterocycles. The van der Waals surface area contributed by atoms with Gasteiger partial charge in [-0.1, -0.05) is 224 Å². The zero-order chi connectivity index (χ0) is 46.0. The van der Waals surface area contributed by atoms with Gasteiger partial charge in [0.25, 0.3) is 0 Å². The lowest BCUT2D eigenvalue weighted by molar-refractivity contribution is 0.768. The zero-order valence-corrected chi connectivity index (χ0v) is 39.0. The van der Waals surface area contributed by atoms with Gasteiger partial charge >= 0.3 is 0 Å². The number of rotatable bonds is 6. The lowest BCUT2D eigenvalue weighted by atomic mass is 9.67. The van der Waals surface area contributed by atoms with Crippen LogP contribution >= 0.6 is 11.3 Å². The maximum atomic E-state index is 2.53. The summed E-state index contributed by atoms with van der Waals surface area (Å²) in [6.07, 6.45) is 0. The third kappa shape index (κ3) is 5.21. The highest BCUT2D eigenvalue weighted by atomic mass is 32.1. The molecule has 11 aromatic carbocycles. The second kappa shape index (κ2) is 15.0. The van der Waals surface area contributed by atoms with Gasteiger partial charge in [0.15, 0.2) is 0 Å². The van der Waals surface area contributed by atoms with E-state index < -0.39 is 10.8 Å². The fourth-order valence-corrected chi connectivity index (χ4v) is 14.3. The third-order valence-electron chi connectivity index (χ3n) is 15.8. The fraction of sp³-hybridized carbons (Fsp3) is 0.0294. The molecule has 0 N–H and O–H groups in total. The molecule has 1 heterocycles. The number of thiophene rings is 1. The quantitative estimate of drug-likeness (QED) is 0.161. The zero-order valence-electron chi connectivity index (χ0n) is 38.2. The molecule has 3 aliphatic rings. The second-order valence-electron chi connectivity index (χ2n) is 19.0. The predicted octanol–water partition coefficient (Wildman–Crippen LogP) is 17.9. The monoisotopic (exact) mass is 905 g/mol. The van der Waals surface area contributed by atoms with Crippen molar-refractivity contribution in [2.75, 3.05) is 4.90 Å². The topological polar surface area (TPSA) is 3.24 Å². The summed E-state index contributed by atoms with van der Waals surface area (Å²) in [6, 6.07) is 97.9. The van der Waals surface area contributed by atoms with E-state index in [2.05, 4.69) is 266 Å². The van der Waals surface area contributed by atoms with Crippen LogP contribution in [0.1, 0.15) is 44.5 Å². The highest BCUT2D eigenvalue weighted by Gasteiger charge is 2.52. The normalized spacial score (nSPS) is 13.9. The Morgan fingerprint density at radius 3 is 1.43 bits per heavy atom. The third-order valence-corrected chi connectivity index (χ3v) is 17.0. The molecule has 0 amide bonds. The van der Waals surface area contributed by atoms with Crippen LogP contribution < -0.4 is 4.90 Å². The number of benzene rings is 11. The summed E-state index contributed by atoms with van der Waals surface area (Å²) in [4.78, 5) is 2.53. The minimum absolute atomic E-state index is 0.464. The minimum atomic E-state index is -0.497. The summed E-state index contributed by atoms with van der Waals surface area (Å²) in [5.41, 5.74) is 23.1. The van der Waals surface area contributed by atoms with Gasteiger partial charge < -0.3 is 4.90 Å². The number of hydrogen-bond donors (Lipinski definition) is 0. The van der Waals surface area contributed by atoms with Crippen LogP contribution in [-0.4, -0.2) is 0 Å². The van der Waals surface area contributed by atoms with E-state index in [1.54, 1.807) is 0 Å². The molecule has 15 rings (SSSR count). The van der Waals surface area contributed by atoms with Crippen molar-refractivity contribution in [2.24, 2.45) is 0 Å². The maximum absolute atomic E-state index is 2.53. The number of anilines is 3. The molecule has 0 unspecified atom stereocenters. The molecule has 0 fully saturated rings.